The van der Waals surface area contributed by atoms with Crippen LogP contribution in [0.25, 0.3) is 44.2 Å². The summed E-state index contributed by atoms with van der Waals surface area (Å²) in [6, 6.07) is 59.0. The Kier molecular flexibility index (Phi) is 5.84. The molecule has 0 atom stereocenters. The Hall–Kier alpha value is -4.91. The van der Waals surface area contributed by atoms with Crippen LogP contribution in [0.3, 0.4) is 0 Å². The molecule has 0 saturated carbocycles. The number of benzene rings is 7. The number of hydrogen-bond acceptors (Lipinski definition) is 0. The maximum atomic E-state index is 7.07. The Balaban J connectivity index is 1.43. The highest BCUT2D eigenvalue weighted by molar-refractivity contribution is 6.33. The van der Waals surface area contributed by atoms with Crippen molar-refractivity contribution in [2.24, 2.45) is 0 Å². The molecule has 1 aliphatic rings. The van der Waals surface area contributed by atoms with Crippen molar-refractivity contribution in [1.82, 2.24) is 0 Å². The first kappa shape index (κ1) is 24.9. The highest BCUT2D eigenvalue weighted by Crippen LogP contribution is 2.58. The maximum Gasteiger partial charge on any atom is 0.0713 e. The van der Waals surface area contributed by atoms with E-state index in [1.165, 1.54) is 49.7 Å². The molecule has 0 amide bonds. The zero-order valence-corrected chi connectivity index (χ0v) is 23.7. The second-order valence-electron chi connectivity index (χ2n) is 11.0. The van der Waals surface area contributed by atoms with Gasteiger partial charge in [-0.1, -0.05) is 163 Å². The fourth-order valence-corrected chi connectivity index (χ4v) is 7.31. The predicted octanol–water partition coefficient (Wildman–Crippen LogP) is 11.2. The van der Waals surface area contributed by atoms with Gasteiger partial charge in [0, 0.05) is 10.6 Å². The van der Waals surface area contributed by atoms with E-state index in [2.05, 4.69) is 164 Å². The molecular formula is C41H27Cl. The summed E-state index contributed by atoms with van der Waals surface area (Å²) in [5, 5.41) is 3.22. The van der Waals surface area contributed by atoms with Crippen LogP contribution < -0.4 is 0 Å². The van der Waals surface area contributed by atoms with Crippen molar-refractivity contribution in [1.29, 1.82) is 0 Å². The zero-order valence-electron chi connectivity index (χ0n) is 23.0. The molecule has 198 valence electrons. The Morgan fingerprint density at radius 1 is 0.405 bits per heavy atom. The average Bonchev–Trinajstić information content (AvgIpc) is 3.37. The van der Waals surface area contributed by atoms with Crippen LogP contribution in [0.1, 0.15) is 22.3 Å². The van der Waals surface area contributed by atoms with Gasteiger partial charge in [-0.15, -0.1) is 0 Å². The minimum absolute atomic E-state index is 0.440. The Bertz CT molecular complexity index is 2050. The van der Waals surface area contributed by atoms with E-state index in [1.54, 1.807) is 0 Å². The maximum absolute atomic E-state index is 7.07. The van der Waals surface area contributed by atoms with Crippen LogP contribution in [-0.4, -0.2) is 0 Å². The van der Waals surface area contributed by atoms with E-state index < -0.39 is 5.41 Å². The van der Waals surface area contributed by atoms with E-state index >= 15 is 0 Å². The molecular weight excluding hydrogens is 528 g/mol. The minimum Gasteiger partial charge on any atom is -0.0837 e. The summed E-state index contributed by atoms with van der Waals surface area (Å²) in [6.07, 6.45) is 0. The molecule has 1 aliphatic carbocycles. The van der Waals surface area contributed by atoms with Crippen LogP contribution in [-0.2, 0) is 5.41 Å². The molecule has 8 rings (SSSR count). The largest absolute Gasteiger partial charge is 0.0837 e. The second-order valence-corrected chi connectivity index (χ2v) is 11.4. The van der Waals surface area contributed by atoms with Crippen molar-refractivity contribution in [2.45, 2.75) is 5.41 Å². The van der Waals surface area contributed by atoms with Gasteiger partial charge in [-0.3, -0.25) is 0 Å². The lowest BCUT2D eigenvalue weighted by Crippen LogP contribution is -2.28. The van der Waals surface area contributed by atoms with Crippen LogP contribution in [0.5, 0.6) is 0 Å². The van der Waals surface area contributed by atoms with E-state index in [0.717, 1.165) is 21.7 Å². The first-order valence-corrected chi connectivity index (χ1v) is 14.8. The average molecular weight is 555 g/mol. The van der Waals surface area contributed by atoms with E-state index in [4.69, 9.17) is 11.6 Å². The van der Waals surface area contributed by atoms with Gasteiger partial charge in [-0.05, 0) is 73.0 Å². The van der Waals surface area contributed by atoms with Gasteiger partial charge in [-0.2, -0.15) is 0 Å². The number of fused-ring (bicyclic) bond motifs is 4. The Morgan fingerprint density at radius 3 is 1.76 bits per heavy atom. The zero-order chi connectivity index (χ0) is 28.1. The molecule has 0 bridgehead atoms. The molecule has 0 heterocycles. The standard InChI is InChI=1S/C41H27Cl/c42-39-26-25-29(33-21-11-14-28-13-7-8-19-32(28)33)27-36(39)34-22-12-24-38-40(34)35-20-9-10-23-37(35)41(38,30-15-3-1-4-16-30)31-17-5-2-6-18-31/h1-27H. The van der Waals surface area contributed by atoms with Gasteiger partial charge in [-0.25, -0.2) is 0 Å². The SMILES string of the molecule is Clc1ccc(-c2cccc3ccccc23)cc1-c1cccc2c1-c1ccccc1C2(c1ccccc1)c1ccccc1. The van der Waals surface area contributed by atoms with Crippen molar-refractivity contribution in [2.75, 3.05) is 0 Å². The summed E-state index contributed by atoms with van der Waals surface area (Å²) in [7, 11) is 0. The van der Waals surface area contributed by atoms with Crippen molar-refractivity contribution in [3.8, 4) is 33.4 Å². The summed E-state index contributed by atoms with van der Waals surface area (Å²) >= 11 is 7.07. The third-order valence-corrected chi connectivity index (χ3v) is 9.17. The first-order chi connectivity index (χ1) is 20.8. The van der Waals surface area contributed by atoms with Gasteiger partial charge in [0.25, 0.3) is 0 Å². The molecule has 42 heavy (non-hydrogen) atoms. The lowest BCUT2D eigenvalue weighted by atomic mass is 9.67. The van der Waals surface area contributed by atoms with E-state index in [9.17, 15) is 0 Å². The molecule has 7 aromatic carbocycles. The lowest BCUT2D eigenvalue weighted by Gasteiger charge is -2.34. The summed E-state index contributed by atoms with van der Waals surface area (Å²) < 4.78 is 0. The molecule has 0 spiro atoms. The summed E-state index contributed by atoms with van der Waals surface area (Å²) in [5.41, 5.74) is 11.7. The van der Waals surface area contributed by atoms with Gasteiger partial charge < -0.3 is 0 Å². The number of halogens is 1. The Labute approximate surface area is 251 Å². The van der Waals surface area contributed by atoms with E-state index in [0.29, 0.717) is 0 Å². The molecule has 0 aromatic heterocycles. The van der Waals surface area contributed by atoms with Crippen LogP contribution in [0.2, 0.25) is 5.02 Å². The predicted molar refractivity (Wildman–Crippen MR) is 177 cm³/mol. The minimum atomic E-state index is -0.440. The van der Waals surface area contributed by atoms with Crippen molar-refractivity contribution in [3.63, 3.8) is 0 Å². The first-order valence-electron chi connectivity index (χ1n) is 14.4. The third-order valence-electron chi connectivity index (χ3n) is 8.84. The quantitative estimate of drug-likeness (QED) is 0.203. The molecule has 0 nitrogen and oxygen atoms in total. The van der Waals surface area contributed by atoms with E-state index in [1.807, 2.05) is 0 Å². The van der Waals surface area contributed by atoms with Crippen molar-refractivity contribution >= 4 is 22.4 Å². The number of rotatable bonds is 4. The monoisotopic (exact) mass is 554 g/mol. The molecule has 0 radical (unpaired) electrons. The number of hydrogen-bond donors (Lipinski definition) is 0. The summed E-state index contributed by atoms with van der Waals surface area (Å²) in [5.74, 6) is 0. The molecule has 7 aromatic rings. The molecule has 0 fully saturated rings. The van der Waals surface area contributed by atoms with Crippen LogP contribution in [0.15, 0.2) is 164 Å². The lowest BCUT2D eigenvalue weighted by molar-refractivity contribution is 0.768. The van der Waals surface area contributed by atoms with Crippen LogP contribution in [0.4, 0.5) is 0 Å². The van der Waals surface area contributed by atoms with Crippen molar-refractivity contribution in [3.05, 3.63) is 191 Å². The van der Waals surface area contributed by atoms with E-state index in [-0.39, 0.29) is 0 Å². The molecule has 1 heteroatoms. The molecule has 0 saturated heterocycles. The van der Waals surface area contributed by atoms with Gasteiger partial charge in [0.05, 0.1) is 5.41 Å². The topological polar surface area (TPSA) is 0 Å². The highest BCUT2D eigenvalue weighted by Gasteiger charge is 2.46. The van der Waals surface area contributed by atoms with Crippen LogP contribution >= 0.6 is 11.6 Å². The van der Waals surface area contributed by atoms with Gasteiger partial charge in [0.15, 0.2) is 0 Å². The smallest absolute Gasteiger partial charge is 0.0713 e. The third kappa shape index (κ3) is 3.62. The normalized spacial score (nSPS) is 13.1. The van der Waals surface area contributed by atoms with Gasteiger partial charge in [0.1, 0.15) is 0 Å². The van der Waals surface area contributed by atoms with Crippen LogP contribution in [0, 0.1) is 0 Å². The highest BCUT2D eigenvalue weighted by atomic mass is 35.5. The fourth-order valence-electron chi connectivity index (χ4n) is 7.09. The second kappa shape index (κ2) is 9.87. The van der Waals surface area contributed by atoms with Gasteiger partial charge >= 0.3 is 0 Å². The Morgan fingerprint density at radius 2 is 0.976 bits per heavy atom. The summed E-state index contributed by atoms with van der Waals surface area (Å²) in [6.45, 7) is 0. The fraction of sp³-hybridized carbons (Fsp3) is 0.0244. The molecule has 0 N–H and O–H groups in total. The molecule has 0 aliphatic heterocycles. The van der Waals surface area contributed by atoms with Gasteiger partial charge in [0.2, 0.25) is 0 Å². The van der Waals surface area contributed by atoms with Crippen molar-refractivity contribution < 1.29 is 0 Å². The molecule has 0 unspecified atom stereocenters. The summed E-state index contributed by atoms with van der Waals surface area (Å²) in [4.78, 5) is 0.